The van der Waals surface area contributed by atoms with Gasteiger partial charge in [0.15, 0.2) is 0 Å². The van der Waals surface area contributed by atoms with Gasteiger partial charge in [0.25, 0.3) is 0 Å². The normalized spacial score (nSPS) is 18.5. The Bertz CT molecular complexity index is 655. The predicted molar refractivity (Wildman–Crippen MR) is 99.4 cm³/mol. The van der Waals surface area contributed by atoms with E-state index in [4.69, 9.17) is 11.6 Å². The second-order valence-electron chi connectivity index (χ2n) is 6.91. The fourth-order valence-electron chi connectivity index (χ4n) is 3.29. The molecular weight excluding hydrogens is 342 g/mol. The number of halogens is 1. The van der Waals surface area contributed by atoms with Crippen LogP contribution in [0.1, 0.15) is 38.7 Å². The molecule has 0 amide bonds. The molecule has 24 heavy (non-hydrogen) atoms. The topological polar surface area (TPSA) is 50.9 Å². The van der Waals surface area contributed by atoms with Crippen molar-refractivity contribution >= 4 is 23.4 Å². The van der Waals surface area contributed by atoms with Gasteiger partial charge >= 0.3 is 0 Å². The van der Waals surface area contributed by atoms with Crippen molar-refractivity contribution in [2.75, 3.05) is 0 Å². The molecule has 1 aromatic heterocycles. The summed E-state index contributed by atoms with van der Waals surface area (Å²) >= 11 is 7.87. The molecule has 1 N–H and O–H groups in total. The zero-order chi connectivity index (χ0) is 17.2. The van der Waals surface area contributed by atoms with E-state index in [0.29, 0.717) is 18.2 Å². The minimum Gasteiger partial charge on any atom is -0.386 e. The lowest BCUT2D eigenvalue weighted by atomic mass is 9.89. The van der Waals surface area contributed by atoms with E-state index >= 15 is 0 Å². The first kappa shape index (κ1) is 17.8. The molecule has 6 heteroatoms. The smallest absolute Gasteiger partial charge is 0.137 e. The Morgan fingerprint density at radius 3 is 2.58 bits per heavy atom. The Morgan fingerprint density at radius 1 is 1.33 bits per heavy atom. The maximum atomic E-state index is 11.6. The minimum absolute atomic E-state index is 0.0699. The SMILES string of the molecule is CC(C)SC1(C(O)(CCc2ccc(Cl)cc2)Cn2cncn2)CC1. The Kier molecular flexibility index (Phi) is 5.23. The van der Waals surface area contributed by atoms with Crippen LogP contribution < -0.4 is 0 Å². The highest BCUT2D eigenvalue weighted by molar-refractivity contribution is 8.01. The van der Waals surface area contributed by atoms with E-state index in [9.17, 15) is 5.11 Å². The molecule has 1 saturated carbocycles. The van der Waals surface area contributed by atoms with Crippen LogP contribution in [0.3, 0.4) is 0 Å². The van der Waals surface area contributed by atoms with Gasteiger partial charge < -0.3 is 5.11 Å². The summed E-state index contributed by atoms with van der Waals surface area (Å²) in [5, 5.41) is 17.0. The van der Waals surface area contributed by atoms with Crippen LogP contribution in [0, 0.1) is 0 Å². The zero-order valence-electron chi connectivity index (χ0n) is 14.2. The average Bonchev–Trinajstić information content (AvgIpc) is 3.14. The van der Waals surface area contributed by atoms with Crippen LogP contribution in [0.4, 0.5) is 0 Å². The number of hydrogen-bond acceptors (Lipinski definition) is 4. The third-order valence-electron chi connectivity index (χ3n) is 4.64. The van der Waals surface area contributed by atoms with Crippen LogP contribution >= 0.6 is 23.4 Å². The largest absolute Gasteiger partial charge is 0.386 e. The Hall–Kier alpha value is -1.04. The second kappa shape index (κ2) is 7.06. The van der Waals surface area contributed by atoms with Gasteiger partial charge in [-0.1, -0.05) is 37.6 Å². The molecule has 0 bridgehead atoms. The molecule has 1 heterocycles. The van der Waals surface area contributed by atoms with Gasteiger partial charge in [0.2, 0.25) is 0 Å². The van der Waals surface area contributed by atoms with Crippen LogP contribution in [0.15, 0.2) is 36.9 Å². The minimum atomic E-state index is -0.796. The highest BCUT2D eigenvalue weighted by Gasteiger charge is 2.59. The van der Waals surface area contributed by atoms with Crippen molar-refractivity contribution in [3.05, 3.63) is 47.5 Å². The summed E-state index contributed by atoms with van der Waals surface area (Å²) in [6, 6.07) is 7.88. The summed E-state index contributed by atoms with van der Waals surface area (Å²) in [4.78, 5) is 4.02. The summed E-state index contributed by atoms with van der Waals surface area (Å²) in [5.41, 5.74) is 0.400. The highest BCUT2D eigenvalue weighted by Crippen LogP contribution is 2.58. The molecule has 1 aliphatic carbocycles. The number of nitrogens with zero attached hydrogens (tertiary/aromatic N) is 3. The average molecular weight is 366 g/mol. The third kappa shape index (κ3) is 3.95. The fraction of sp³-hybridized carbons (Fsp3) is 0.556. The van der Waals surface area contributed by atoms with Gasteiger partial charge in [-0.15, -0.1) is 11.8 Å². The standard InChI is InChI=1S/C18H24ClN3OS/c1-14(2)24-18(9-10-18)17(23,11-22-13-20-12-21-22)8-7-15-3-5-16(19)6-4-15/h3-6,12-14,23H,7-11H2,1-2H3. The van der Waals surface area contributed by atoms with Gasteiger partial charge in [-0.3, -0.25) is 4.68 Å². The maximum absolute atomic E-state index is 11.6. The number of rotatable bonds is 8. The molecular formula is C18H24ClN3OS. The molecule has 1 aliphatic rings. The van der Waals surface area contributed by atoms with Crippen LogP contribution in [0.5, 0.6) is 0 Å². The van der Waals surface area contributed by atoms with Gasteiger partial charge in [0.1, 0.15) is 12.7 Å². The van der Waals surface area contributed by atoms with Gasteiger partial charge in [0.05, 0.1) is 12.1 Å². The fourth-order valence-corrected chi connectivity index (χ4v) is 5.05. The van der Waals surface area contributed by atoms with Crippen LogP contribution in [-0.2, 0) is 13.0 Å². The third-order valence-corrected chi connectivity index (χ3v) is 6.61. The Labute approximate surface area is 152 Å². The molecule has 0 spiro atoms. The molecule has 0 saturated heterocycles. The van der Waals surface area contributed by atoms with E-state index in [1.807, 2.05) is 36.0 Å². The van der Waals surface area contributed by atoms with Crippen molar-refractivity contribution < 1.29 is 5.11 Å². The highest BCUT2D eigenvalue weighted by atomic mass is 35.5. The molecule has 1 aromatic carbocycles. The predicted octanol–water partition coefficient (Wildman–Crippen LogP) is 3.97. The first-order chi connectivity index (χ1) is 11.4. The van der Waals surface area contributed by atoms with Crippen molar-refractivity contribution in [3.63, 3.8) is 0 Å². The first-order valence-electron chi connectivity index (χ1n) is 8.40. The summed E-state index contributed by atoms with van der Waals surface area (Å²) in [6.45, 7) is 4.87. The van der Waals surface area contributed by atoms with E-state index in [0.717, 1.165) is 24.3 Å². The molecule has 0 radical (unpaired) electrons. The van der Waals surface area contributed by atoms with E-state index in [2.05, 4.69) is 23.9 Å². The number of benzene rings is 1. The summed E-state index contributed by atoms with van der Waals surface area (Å²) in [5.74, 6) is 0. The Morgan fingerprint density at radius 2 is 2.04 bits per heavy atom. The van der Waals surface area contributed by atoms with Gasteiger partial charge in [0, 0.05) is 9.77 Å². The lowest BCUT2D eigenvalue weighted by Gasteiger charge is -2.37. The van der Waals surface area contributed by atoms with Crippen molar-refractivity contribution in [3.8, 4) is 0 Å². The number of thioether (sulfide) groups is 1. The van der Waals surface area contributed by atoms with Crippen LogP contribution in [-0.4, -0.2) is 35.5 Å². The first-order valence-corrected chi connectivity index (χ1v) is 9.65. The number of aromatic nitrogens is 3. The Balaban J connectivity index is 1.78. The summed E-state index contributed by atoms with van der Waals surface area (Å²) < 4.78 is 1.68. The molecule has 1 atom stereocenters. The van der Waals surface area contributed by atoms with E-state index in [1.54, 1.807) is 11.0 Å². The molecule has 130 valence electrons. The van der Waals surface area contributed by atoms with Crippen LogP contribution in [0.2, 0.25) is 5.02 Å². The van der Waals surface area contributed by atoms with E-state index in [1.165, 1.54) is 11.9 Å². The summed E-state index contributed by atoms with van der Waals surface area (Å²) in [7, 11) is 0. The molecule has 1 fully saturated rings. The second-order valence-corrected chi connectivity index (χ2v) is 9.31. The monoisotopic (exact) mass is 365 g/mol. The van der Waals surface area contributed by atoms with Crippen molar-refractivity contribution in [2.45, 2.75) is 61.7 Å². The molecule has 2 aromatic rings. The molecule has 0 aliphatic heterocycles. The van der Waals surface area contributed by atoms with E-state index < -0.39 is 5.60 Å². The van der Waals surface area contributed by atoms with Gasteiger partial charge in [-0.25, -0.2) is 4.98 Å². The molecule has 3 rings (SSSR count). The van der Waals surface area contributed by atoms with E-state index in [-0.39, 0.29) is 4.75 Å². The van der Waals surface area contributed by atoms with Gasteiger partial charge in [-0.2, -0.15) is 5.10 Å². The zero-order valence-corrected chi connectivity index (χ0v) is 15.7. The number of aryl methyl sites for hydroxylation is 1. The van der Waals surface area contributed by atoms with Gasteiger partial charge in [-0.05, 0) is 48.6 Å². The molecule has 1 unspecified atom stereocenters. The van der Waals surface area contributed by atoms with Crippen LogP contribution in [0.25, 0.3) is 0 Å². The van der Waals surface area contributed by atoms with Crippen molar-refractivity contribution in [1.82, 2.24) is 14.8 Å². The number of hydrogen-bond donors (Lipinski definition) is 1. The quantitative estimate of drug-likeness (QED) is 0.769. The lowest BCUT2D eigenvalue weighted by Crippen LogP contribution is -2.47. The van der Waals surface area contributed by atoms with Crippen molar-refractivity contribution in [2.24, 2.45) is 0 Å². The molecule has 4 nitrogen and oxygen atoms in total. The summed E-state index contributed by atoms with van der Waals surface area (Å²) in [6.07, 6.45) is 6.85. The lowest BCUT2D eigenvalue weighted by molar-refractivity contribution is 0.00166. The number of aliphatic hydroxyl groups is 1. The maximum Gasteiger partial charge on any atom is 0.137 e. The van der Waals surface area contributed by atoms with Crippen molar-refractivity contribution in [1.29, 1.82) is 0 Å².